The molecule has 0 fully saturated rings. The van der Waals surface area contributed by atoms with Crippen molar-refractivity contribution in [3.05, 3.63) is 89.2 Å². The van der Waals surface area contributed by atoms with E-state index in [0.29, 0.717) is 23.6 Å². The molecular weight excluding hydrogens is 364 g/mol. The Morgan fingerprint density at radius 2 is 1.74 bits per heavy atom. The van der Waals surface area contributed by atoms with E-state index in [2.05, 4.69) is 5.32 Å². The summed E-state index contributed by atoms with van der Waals surface area (Å²) in [5, 5.41) is 3.39. The van der Waals surface area contributed by atoms with E-state index in [-0.39, 0.29) is 12.5 Å². The van der Waals surface area contributed by atoms with Gasteiger partial charge in [-0.25, -0.2) is 4.79 Å². The second-order valence-corrected chi connectivity index (χ2v) is 6.38. The fourth-order valence-electron chi connectivity index (χ4n) is 2.58. The molecule has 0 spiro atoms. The summed E-state index contributed by atoms with van der Waals surface area (Å²) in [7, 11) is 0. The Labute approximate surface area is 162 Å². The number of hydrogen-bond acceptors (Lipinski definition) is 3. The van der Waals surface area contributed by atoms with Gasteiger partial charge in [0.1, 0.15) is 0 Å². The number of hydrogen-bond donors (Lipinski definition) is 1. The number of carbonyl (C=O) groups excluding carboxylic acids is 2. The SMILES string of the molecule is O=C(COC(=O)c1ccc(-n2cccc2)cc1)NCCc1cccc(Cl)c1. The summed E-state index contributed by atoms with van der Waals surface area (Å²) in [5.41, 5.74) is 2.37. The first-order valence-corrected chi connectivity index (χ1v) is 8.91. The van der Waals surface area contributed by atoms with Crippen molar-refractivity contribution >= 4 is 23.5 Å². The number of amides is 1. The highest BCUT2D eigenvalue weighted by Gasteiger charge is 2.10. The molecule has 0 atom stereocenters. The lowest BCUT2D eigenvalue weighted by Gasteiger charge is -2.08. The van der Waals surface area contributed by atoms with Crippen LogP contribution in [0.25, 0.3) is 5.69 Å². The van der Waals surface area contributed by atoms with Crippen LogP contribution in [0.4, 0.5) is 0 Å². The molecule has 1 heterocycles. The van der Waals surface area contributed by atoms with Crippen molar-refractivity contribution in [3.8, 4) is 5.69 Å². The first kappa shape index (κ1) is 18.7. The minimum atomic E-state index is -0.529. The number of nitrogens with one attached hydrogen (secondary N) is 1. The maximum atomic E-state index is 12.1. The van der Waals surface area contributed by atoms with Gasteiger partial charge in [-0.1, -0.05) is 23.7 Å². The predicted octanol–water partition coefficient (Wildman–Crippen LogP) is 3.65. The van der Waals surface area contributed by atoms with Crippen LogP contribution in [0.5, 0.6) is 0 Å². The van der Waals surface area contributed by atoms with Gasteiger partial charge in [0.15, 0.2) is 6.61 Å². The van der Waals surface area contributed by atoms with Crippen LogP contribution in [-0.4, -0.2) is 29.6 Å². The molecule has 138 valence electrons. The van der Waals surface area contributed by atoms with Crippen LogP contribution in [0, 0.1) is 0 Å². The summed E-state index contributed by atoms with van der Waals surface area (Å²) in [6, 6.07) is 18.3. The maximum Gasteiger partial charge on any atom is 0.338 e. The zero-order valence-corrected chi connectivity index (χ0v) is 15.4. The fourth-order valence-corrected chi connectivity index (χ4v) is 2.79. The van der Waals surface area contributed by atoms with Gasteiger partial charge in [-0.15, -0.1) is 0 Å². The number of aromatic nitrogens is 1. The normalized spacial score (nSPS) is 10.4. The topological polar surface area (TPSA) is 60.3 Å². The largest absolute Gasteiger partial charge is 0.452 e. The Balaban J connectivity index is 1.42. The molecular formula is C21H19ClN2O3. The molecule has 1 amide bonds. The quantitative estimate of drug-likeness (QED) is 0.634. The fraction of sp³-hybridized carbons (Fsp3) is 0.143. The van der Waals surface area contributed by atoms with Gasteiger partial charge in [-0.3, -0.25) is 4.79 Å². The summed E-state index contributed by atoms with van der Waals surface area (Å²) in [6.07, 6.45) is 4.49. The molecule has 0 unspecified atom stereocenters. The van der Waals surface area contributed by atoms with Crippen LogP contribution < -0.4 is 5.32 Å². The molecule has 0 aliphatic rings. The Morgan fingerprint density at radius 3 is 2.44 bits per heavy atom. The van der Waals surface area contributed by atoms with Crippen molar-refractivity contribution in [2.75, 3.05) is 13.2 Å². The van der Waals surface area contributed by atoms with Crippen molar-refractivity contribution < 1.29 is 14.3 Å². The zero-order chi connectivity index (χ0) is 19.1. The first-order valence-electron chi connectivity index (χ1n) is 8.53. The third kappa shape index (κ3) is 5.46. The van der Waals surface area contributed by atoms with Gasteiger partial charge in [0.2, 0.25) is 0 Å². The molecule has 6 heteroatoms. The van der Waals surface area contributed by atoms with E-state index in [1.54, 1.807) is 18.2 Å². The molecule has 0 saturated carbocycles. The second kappa shape index (κ2) is 9.05. The van der Waals surface area contributed by atoms with Crippen LogP contribution in [0.3, 0.4) is 0 Å². The minimum Gasteiger partial charge on any atom is -0.452 e. The maximum absolute atomic E-state index is 12.1. The van der Waals surface area contributed by atoms with Crippen molar-refractivity contribution in [3.63, 3.8) is 0 Å². The van der Waals surface area contributed by atoms with E-state index in [1.807, 2.05) is 59.4 Å². The highest BCUT2D eigenvalue weighted by atomic mass is 35.5. The van der Waals surface area contributed by atoms with Crippen molar-refractivity contribution in [1.29, 1.82) is 0 Å². The average Bonchev–Trinajstić information content (AvgIpc) is 3.21. The Hall–Kier alpha value is -3.05. The van der Waals surface area contributed by atoms with Crippen LogP contribution in [-0.2, 0) is 16.0 Å². The van der Waals surface area contributed by atoms with E-state index in [9.17, 15) is 9.59 Å². The number of nitrogens with zero attached hydrogens (tertiary/aromatic N) is 1. The van der Waals surface area contributed by atoms with E-state index >= 15 is 0 Å². The van der Waals surface area contributed by atoms with Crippen LogP contribution in [0.1, 0.15) is 15.9 Å². The number of benzene rings is 2. The summed E-state index contributed by atoms with van der Waals surface area (Å²) < 4.78 is 7.00. The molecule has 0 aliphatic carbocycles. The van der Waals surface area contributed by atoms with Gasteiger partial charge in [0.25, 0.3) is 5.91 Å². The Kier molecular flexibility index (Phi) is 6.28. The van der Waals surface area contributed by atoms with Gasteiger partial charge in [0, 0.05) is 29.6 Å². The molecule has 3 rings (SSSR count). The lowest BCUT2D eigenvalue weighted by molar-refractivity contribution is -0.124. The molecule has 0 bridgehead atoms. The molecule has 0 saturated heterocycles. The van der Waals surface area contributed by atoms with E-state index in [0.717, 1.165) is 11.3 Å². The standard InChI is InChI=1S/C21H19ClN2O3/c22-18-5-3-4-16(14-18)10-11-23-20(25)15-27-21(26)17-6-8-19(9-7-17)24-12-1-2-13-24/h1-9,12-14H,10-11,15H2,(H,23,25). The summed E-state index contributed by atoms with van der Waals surface area (Å²) >= 11 is 5.92. The average molecular weight is 383 g/mol. The lowest BCUT2D eigenvalue weighted by atomic mass is 10.1. The summed E-state index contributed by atoms with van der Waals surface area (Å²) in [4.78, 5) is 23.9. The van der Waals surface area contributed by atoms with Crippen molar-refractivity contribution in [2.24, 2.45) is 0 Å². The lowest BCUT2D eigenvalue weighted by Crippen LogP contribution is -2.30. The van der Waals surface area contributed by atoms with Gasteiger partial charge < -0.3 is 14.6 Å². The molecule has 1 N–H and O–H groups in total. The monoisotopic (exact) mass is 382 g/mol. The van der Waals surface area contributed by atoms with Crippen LogP contribution >= 0.6 is 11.6 Å². The van der Waals surface area contributed by atoms with Gasteiger partial charge >= 0.3 is 5.97 Å². The Bertz CT molecular complexity index is 905. The summed E-state index contributed by atoms with van der Waals surface area (Å²) in [6.45, 7) is 0.135. The van der Waals surface area contributed by atoms with E-state index in [4.69, 9.17) is 16.3 Å². The van der Waals surface area contributed by atoms with Crippen LogP contribution in [0.2, 0.25) is 5.02 Å². The second-order valence-electron chi connectivity index (χ2n) is 5.94. The number of halogens is 1. The van der Waals surface area contributed by atoms with E-state index in [1.165, 1.54) is 0 Å². The molecule has 0 radical (unpaired) electrons. The molecule has 0 aliphatic heterocycles. The van der Waals surface area contributed by atoms with Gasteiger partial charge in [0.05, 0.1) is 5.56 Å². The third-order valence-electron chi connectivity index (χ3n) is 3.96. The molecule has 2 aromatic carbocycles. The third-order valence-corrected chi connectivity index (χ3v) is 4.20. The Morgan fingerprint density at radius 1 is 1.00 bits per heavy atom. The summed E-state index contributed by atoms with van der Waals surface area (Å²) in [5.74, 6) is -0.867. The smallest absolute Gasteiger partial charge is 0.338 e. The minimum absolute atomic E-state index is 0.312. The number of esters is 1. The van der Waals surface area contributed by atoms with Crippen molar-refractivity contribution in [1.82, 2.24) is 9.88 Å². The number of ether oxygens (including phenoxy) is 1. The molecule has 3 aromatic rings. The van der Waals surface area contributed by atoms with Gasteiger partial charge in [-0.2, -0.15) is 0 Å². The number of carbonyl (C=O) groups is 2. The van der Waals surface area contributed by atoms with Gasteiger partial charge in [-0.05, 0) is 60.5 Å². The molecule has 27 heavy (non-hydrogen) atoms. The van der Waals surface area contributed by atoms with Crippen molar-refractivity contribution in [2.45, 2.75) is 6.42 Å². The van der Waals surface area contributed by atoms with Crippen LogP contribution in [0.15, 0.2) is 73.1 Å². The first-order chi connectivity index (χ1) is 13.1. The predicted molar refractivity (Wildman–Crippen MR) is 104 cm³/mol. The molecule has 1 aromatic heterocycles. The zero-order valence-electron chi connectivity index (χ0n) is 14.6. The number of rotatable bonds is 7. The highest BCUT2D eigenvalue weighted by Crippen LogP contribution is 2.11. The highest BCUT2D eigenvalue weighted by molar-refractivity contribution is 6.30. The van der Waals surface area contributed by atoms with E-state index < -0.39 is 5.97 Å². The molecule has 5 nitrogen and oxygen atoms in total.